The van der Waals surface area contributed by atoms with Crippen molar-refractivity contribution in [1.82, 2.24) is 9.88 Å². The number of carbonyl (C=O) groups is 1. The van der Waals surface area contributed by atoms with Crippen LogP contribution in [0.1, 0.15) is 43.6 Å². The first-order valence-electron chi connectivity index (χ1n) is 7.40. The number of carbonyl (C=O) groups excluding carboxylic acids is 1. The van der Waals surface area contributed by atoms with Gasteiger partial charge in [0.05, 0.1) is 12.5 Å². The van der Waals surface area contributed by atoms with Crippen molar-refractivity contribution in [3.8, 4) is 12.1 Å². The molecule has 0 spiro atoms. The van der Waals surface area contributed by atoms with Gasteiger partial charge in [0.1, 0.15) is 11.6 Å². The third-order valence-corrected chi connectivity index (χ3v) is 3.50. The Morgan fingerprint density at radius 2 is 2.14 bits per heavy atom. The molecule has 0 fully saturated rings. The van der Waals surface area contributed by atoms with E-state index in [1.165, 1.54) is 0 Å². The van der Waals surface area contributed by atoms with Crippen molar-refractivity contribution in [1.29, 1.82) is 10.5 Å². The minimum Gasteiger partial charge on any atom is -0.349 e. The van der Waals surface area contributed by atoms with Gasteiger partial charge in [-0.1, -0.05) is 6.92 Å². The highest BCUT2D eigenvalue weighted by Gasteiger charge is 2.14. The smallest absolute Gasteiger partial charge is 0.262 e. The zero-order chi connectivity index (χ0) is 16.7. The first kappa shape index (κ1) is 17.5. The number of nitrogens with one attached hydrogen (secondary N) is 1. The van der Waals surface area contributed by atoms with E-state index in [1.807, 2.05) is 32.1 Å². The molecule has 1 aromatic rings. The van der Waals surface area contributed by atoms with Crippen molar-refractivity contribution in [2.24, 2.45) is 0 Å². The van der Waals surface area contributed by atoms with Gasteiger partial charge in [-0.15, -0.1) is 0 Å². The van der Waals surface area contributed by atoms with Crippen LogP contribution in [0, 0.1) is 36.5 Å². The maximum absolute atomic E-state index is 12.1. The molecular weight excluding hydrogens is 276 g/mol. The predicted octanol–water partition coefficient (Wildman–Crippen LogP) is 2.84. The van der Waals surface area contributed by atoms with Gasteiger partial charge in [0, 0.05) is 24.0 Å². The van der Waals surface area contributed by atoms with Crippen LogP contribution in [0.5, 0.6) is 0 Å². The fraction of sp³-hybridized carbons (Fsp3) is 0.471. The molecule has 1 heterocycles. The molecule has 0 saturated carbocycles. The Morgan fingerprint density at radius 1 is 1.45 bits per heavy atom. The number of aryl methyl sites for hydroxylation is 1. The van der Waals surface area contributed by atoms with Crippen LogP contribution in [0.3, 0.4) is 0 Å². The van der Waals surface area contributed by atoms with Gasteiger partial charge >= 0.3 is 0 Å². The standard InChI is InChI=1S/C17H22N4O/c1-5-8-21-13(3)9-15(14(21)4)10-16(11-19)17(22)20-12(2)6-7-18/h9-10,12H,5-6,8H2,1-4H3,(H,20,22)/b16-10+/t12-/m1/s1. The Morgan fingerprint density at radius 3 is 2.68 bits per heavy atom. The number of rotatable bonds is 6. The van der Waals surface area contributed by atoms with Crippen LogP contribution in [0.25, 0.3) is 6.08 Å². The molecule has 0 aromatic carbocycles. The SMILES string of the molecule is CCCn1c(C)cc(/C=C(\C#N)C(=O)N[C@H](C)CC#N)c1C. The van der Waals surface area contributed by atoms with Gasteiger partial charge in [0.15, 0.2) is 0 Å². The fourth-order valence-corrected chi connectivity index (χ4v) is 2.34. The minimum absolute atomic E-state index is 0.0570. The summed E-state index contributed by atoms with van der Waals surface area (Å²) in [5.41, 5.74) is 3.10. The summed E-state index contributed by atoms with van der Waals surface area (Å²) < 4.78 is 2.18. The van der Waals surface area contributed by atoms with Gasteiger partial charge in [-0.25, -0.2) is 0 Å². The first-order chi connectivity index (χ1) is 10.4. The summed E-state index contributed by atoms with van der Waals surface area (Å²) in [4.78, 5) is 12.1. The highest BCUT2D eigenvalue weighted by Crippen LogP contribution is 2.18. The van der Waals surface area contributed by atoms with Crippen LogP contribution in [0.2, 0.25) is 0 Å². The second-order valence-electron chi connectivity index (χ2n) is 5.38. The Balaban J connectivity index is 3.03. The number of amides is 1. The summed E-state index contributed by atoms with van der Waals surface area (Å²) in [5.74, 6) is -0.439. The number of hydrogen-bond acceptors (Lipinski definition) is 3. The molecule has 5 nitrogen and oxygen atoms in total. The normalized spacial score (nSPS) is 12.4. The van der Waals surface area contributed by atoms with Crippen molar-refractivity contribution >= 4 is 12.0 Å². The summed E-state index contributed by atoms with van der Waals surface area (Å²) in [6, 6.07) is 5.64. The van der Waals surface area contributed by atoms with Crippen LogP contribution < -0.4 is 5.32 Å². The summed E-state index contributed by atoms with van der Waals surface area (Å²) in [5, 5.41) is 20.5. The summed E-state index contributed by atoms with van der Waals surface area (Å²) >= 11 is 0. The second kappa shape index (κ2) is 8.05. The molecule has 1 aromatic heterocycles. The van der Waals surface area contributed by atoms with E-state index in [0.717, 1.165) is 29.9 Å². The highest BCUT2D eigenvalue weighted by atomic mass is 16.1. The maximum atomic E-state index is 12.1. The molecule has 5 heteroatoms. The summed E-state index contributed by atoms with van der Waals surface area (Å²) in [7, 11) is 0. The zero-order valence-corrected chi connectivity index (χ0v) is 13.6. The Labute approximate surface area is 131 Å². The fourth-order valence-electron chi connectivity index (χ4n) is 2.34. The van der Waals surface area contributed by atoms with E-state index in [0.29, 0.717) is 0 Å². The van der Waals surface area contributed by atoms with Gasteiger partial charge in [0.25, 0.3) is 5.91 Å². The van der Waals surface area contributed by atoms with Crippen LogP contribution >= 0.6 is 0 Å². The van der Waals surface area contributed by atoms with Crippen LogP contribution in [0.4, 0.5) is 0 Å². The quantitative estimate of drug-likeness (QED) is 0.647. The van der Waals surface area contributed by atoms with Crippen LogP contribution in [-0.2, 0) is 11.3 Å². The Kier molecular flexibility index (Phi) is 6.41. The lowest BCUT2D eigenvalue weighted by Gasteiger charge is -2.09. The van der Waals surface area contributed by atoms with Gasteiger partial charge in [-0.05, 0) is 44.9 Å². The van der Waals surface area contributed by atoms with Gasteiger partial charge in [-0.2, -0.15) is 10.5 Å². The average Bonchev–Trinajstić information content (AvgIpc) is 2.72. The van der Waals surface area contributed by atoms with Crippen molar-refractivity contribution < 1.29 is 4.79 Å². The summed E-state index contributed by atoms with van der Waals surface area (Å²) in [6.45, 7) is 8.77. The third kappa shape index (κ3) is 4.23. The van der Waals surface area contributed by atoms with Crippen molar-refractivity contribution in [3.05, 3.63) is 28.6 Å². The lowest BCUT2D eigenvalue weighted by Crippen LogP contribution is -2.33. The molecule has 22 heavy (non-hydrogen) atoms. The predicted molar refractivity (Wildman–Crippen MR) is 85.6 cm³/mol. The molecule has 1 amide bonds. The van der Waals surface area contributed by atoms with Crippen molar-refractivity contribution in [2.45, 2.75) is 53.1 Å². The van der Waals surface area contributed by atoms with Crippen molar-refractivity contribution in [3.63, 3.8) is 0 Å². The number of hydrogen-bond donors (Lipinski definition) is 1. The van der Waals surface area contributed by atoms with Gasteiger partial charge in [0.2, 0.25) is 0 Å². The van der Waals surface area contributed by atoms with Crippen molar-refractivity contribution in [2.75, 3.05) is 0 Å². The second-order valence-corrected chi connectivity index (χ2v) is 5.38. The van der Waals surface area contributed by atoms with Crippen LogP contribution in [0.15, 0.2) is 11.6 Å². The maximum Gasteiger partial charge on any atom is 0.262 e. The number of nitriles is 2. The molecule has 0 saturated heterocycles. The van der Waals surface area contributed by atoms with Crippen LogP contribution in [-0.4, -0.2) is 16.5 Å². The lowest BCUT2D eigenvalue weighted by atomic mass is 10.1. The van der Waals surface area contributed by atoms with E-state index in [9.17, 15) is 10.1 Å². The monoisotopic (exact) mass is 298 g/mol. The molecule has 1 rings (SSSR count). The van der Waals surface area contributed by atoms with E-state index in [4.69, 9.17) is 5.26 Å². The van der Waals surface area contributed by atoms with Gasteiger partial charge in [-0.3, -0.25) is 4.79 Å². The Hall–Kier alpha value is -2.53. The molecule has 0 aliphatic rings. The zero-order valence-electron chi connectivity index (χ0n) is 13.6. The average molecular weight is 298 g/mol. The molecule has 0 unspecified atom stereocenters. The summed E-state index contributed by atoms with van der Waals surface area (Å²) in [6.07, 6.45) is 2.86. The van der Waals surface area contributed by atoms with E-state index in [-0.39, 0.29) is 18.0 Å². The Bertz CT molecular complexity index is 655. The number of nitrogens with zero attached hydrogens (tertiary/aromatic N) is 3. The van der Waals surface area contributed by atoms with E-state index >= 15 is 0 Å². The topological polar surface area (TPSA) is 81.6 Å². The van der Waals surface area contributed by atoms with E-state index in [2.05, 4.69) is 16.8 Å². The first-order valence-corrected chi connectivity index (χ1v) is 7.40. The van der Waals surface area contributed by atoms with Gasteiger partial charge < -0.3 is 9.88 Å². The largest absolute Gasteiger partial charge is 0.349 e. The number of aromatic nitrogens is 1. The lowest BCUT2D eigenvalue weighted by molar-refractivity contribution is -0.117. The molecule has 116 valence electrons. The minimum atomic E-state index is -0.439. The van der Waals surface area contributed by atoms with E-state index < -0.39 is 5.91 Å². The third-order valence-electron chi connectivity index (χ3n) is 3.50. The molecule has 0 bridgehead atoms. The molecule has 0 aliphatic heterocycles. The molecule has 0 radical (unpaired) electrons. The highest BCUT2D eigenvalue weighted by molar-refractivity contribution is 6.02. The molecule has 0 aliphatic carbocycles. The molecule has 1 N–H and O–H groups in total. The van der Waals surface area contributed by atoms with E-state index in [1.54, 1.807) is 13.0 Å². The molecule has 1 atom stereocenters. The molecular formula is C17H22N4O.